The Hall–Kier alpha value is -0.0400. The Morgan fingerprint density at radius 2 is 1.33 bits per heavy atom. The molecule has 0 radical (unpaired) electrons. The Balaban J connectivity index is 1.86. The van der Waals surface area contributed by atoms with Crippen LogP contribution < -0.4 is 5.73 Å². The molecule has 0 heterocycles. The van der Waals surface area contributed by atoms with E-state index in [1.165, 1.54) is 38.5 Å². The molecule has 15 heavy (non-hydrogen) atoms. The van der Waals surface area contributed by atoms with E-state index < -0.39 is 0 Å². The van der Waals surface area contributed by atoms with Crippen LogP contribution in [0, 0.1) is 29.1 Å². The fourth-order valence-electron chi connectivity index (χ4n) is 5.29. The van der Waals surface area contributed by atoms with Crippen molar-refractivity contribution in [1.82, 2.24) is 0 Å². The van der Waals surface area contributed by atoms with Gasteiger partial charge in [0.25, 0.3) is 0 Å². The van der Waals surface area contributed by atoms with Crippen molar-refractivity contribution < 1.29 is 0 Å². The van der Waals surface area contributed by atoms with Crippen LogP contribution in [0.1, 0.15) is 52.4 Å². The van der Waals surface area contributed by atoms with Crippen molar-refractivity contribution in [3.8, 4) is 0 Å². The number of hydrogen-bond donors (Lipinski definition) is 1. The van der Waals surface area contributed by atoms with E-state index in [1.807, 2.05) is 0 Å². The van der Waals surface area contributed by atoms with E-state index in [9.17, 15) is 0 Å². The third-order valence-electron chi connectivity index (χ3n) is 5.51. The summed E-state index contributed by atoms with van der Waals surface area (Å²) >= 11 is 0. The van der Waals surface area contributed by atoms with Crippen molar-refractivity contribution in [3.63, 3.8) is 0 Å². The molecule has 0 aliphatic heterocycles. The minimum absolute atomic E-state index is 0.464. The van der Waals surface area contributed by atoms with Gasteiger partial charge in [-0.1, -0.05) is 13.8 Å². The molecule has 4 rings (SSSR count). The lowest BCUT2D eigenvalue weighted by Gasteiger charge is -2.59. The van der Waals surface area contributed by atoms with Crippen LogP contribution in [0.25, 0.3) is 0 Å². The molecule has 4 saturated carbocycles. The second-order valence-corrected chi connectivity index (χ2v) is 7.05. The molecule has 2 N–H and O–H groups in total. The predicted octanol–water partition coefficient (Wildman–Crippen LogP) is 3.19. The van der Waals surface area contributed by atoms with Crippen LogP contribution in [-0.4, -0.2) is 6.04 Å². The van der Waals surface area contributed by atoms with Crippen molar-refractivity contribution in [2.75, 3.05) is 0 Å². The van der Waals surface area contributed by atoms with Gasteiger partial charge in [-0.25, -0.2) is 0 Å². The monoisotopic (exact) mass is 207 g/mol. The van der Waals surface area contributed by atoms with Crippen LogP contribution in [0.2, 0.25) is 0 Å². The van der Waals surface area contributed by atoms with E-state index in [1.54, 1.807) is 0 Å². The molecule has 1 unspecified atom stereocenters. The lowest BCUT2D eigenvalue weighted by Crippen LogP contribution is -2.56. The third kappa shape index (κ3) is 1.46. The van der Waals surface area contributed by atoms with Crippen LogP contribution in [0.3, 0.4) is 0 Å². The topological polar surface area (TPSA) is 26.0 Å². The minimum Gasteiger partial charge on any atom is -0.327 e. The molecular weight excluding hydrogens is 182 g/mol. The van der Waals surface area contributed by atoms with Crippen molar-refractivity contribution in [3.05, 3.63) is 0 Å². The van der Waals surface area contributed by atoms with Crippen molar-refractivity contribution in [2.45, 2.75) is 58.4 Å². The first-order chi connectivity index (χ1) is 7.09. The zero-order valence-electron chi connectivity index (χ0n) is 10.2. The summed E-state index contributed by atoms with van der Waals surface area (Å²) in [6.45, 7) is 4.62. The first kappa shape index (κ1) is 10.1. The minimum atomic E-state index is 0.464. The van der Waals surface area contributed by atoms with Gasteiger partial charge in [-0.05, 0) is 67.6 Å². The molecule has 1 nitrogen and oxygen atoms in total. The molecule has 4 fully saturated rings. The Morgan fingerprint density at radius 3 is 1.67 bits per heavy atom. The van der Waals surface area contributed by atoms with Gasteiger partial charge < -0.3 is 5.73 Å². The Kier molecular flexibility index (Phi) is 2.18. The molecule has 0 amide bonds. The van der Waals surface area contributed by atoms with E-state index in [0.29, 0.717) is 17.4 Å². The molecule has 0 aromatic rings. The predicted molar refractivity (Wildman–Crippen MR) is 63.4 cm³/mol. The molecule has 0 aromatic carbocycles. The average molecular weight is 207 g/mol. The highest BCUT2D eigenvalue weighted by atomic mass is 14.7. The quantitative estimate of drug-likeness (QED) is 0.739. The van der Waals surface area contributed by atoms with Gasteiger partial charge >= 0.3 is 0 Å². The van der Waals surface area contributed by atoms with Gasteiger partial charge in [0.1, 0.15) is 0 Å². The van der Waals surface area contributed by atoms with Crippen LogP contribution in [-0.2, 0) is 0 Å². The highest BCUT2D eigenvalue weighted by Gasteiger charge is 2.53. The zero-order chi connectivity index (χ0) is 10.6. The van der Waals surface area contributed by atoms with E-state index in [2.05, 4.69) is 13.8 Å². The summed E-state index contributed by atoms with van der Waals surface area (Å²) in [6, 6.07) is 0.464. The molecule has 0 spiro atoms. The van der Waals surface area contributed by atoms with Crippen molar-refractivity contribution in [1.29, 1.82) is 0 Å². The Morgan fingerprint density at radius 1 is 0.933 bits per heavy atom. The van der Waals surface area contributed by atoms with Crippen LogP contribution in [0.5, 0.6) is 0 Å². The maximum Gasteiger partial charge on any atom is 0.0119 e. The number of nitrogens with two attached hydrogens (primary N) is 1. The molecule has 86 valence electrons. The summed E-state index contributed by atoms with van der Waals surface area (Å²) in [5.74, 6) is 3.80. The fraction of sp³-hybridized carbons (Fsp3) is 1.00. The average Bonchev–Trinajstić information content (AvgIpc) is 2.14. The zero-order valence-corrected chi connectivity index (χ0v) is 10.2. The highest BCUT2D eigenvalue weighted by Crippen LogP contribution is 2.61. The third-order valence-corrected chi connectivity index (χ3v) is 5.51. The molecule has 4 aliphatic carbocycles. The fourth-order valence-corrected chi connectivity index (χ4v) is 5.29. The first-order valence-electron chi connectivity index (χ1n) is 6.84. The van der Waals surface area contributed by atoms with Gasteiger partial charge in [0.05, 0.1) is 0 Å². The second-order valence-electron chi connectivity index (χ2n) is 7.05. The Bertz CT molecular complexity index is 221. The van der Waals surface area contributed by atoms with Gasteiger partial charge in [-0.2, -0.15) is 0 Å². The lowest BCUT2D eigenvalue weighted by molar-refractivity contribution is -0.0743. The first-order valence-corrected chi connectivity index (χ1v) is 6.84. The molecule has 4 aliphatic rings. The summed E-state index contributed by atoms with van der Waals surface area (Å²) in [4.78, 5) is 0. The van der Waals surface area contributed by atoms with Crippen molar-refractivity contribution >= 4 is 0 Å². The molecule has 0 aromatic heterocycles. The molecule has 1 atom stereocenters. The molecule has 0 saturated heterocycles. The van der Waals surface area contributed by atoms with E-state index >= 15 is 0 Å². The molecular formula is C14H25N. The van der Waals surface area contributed by atoms with Gasteiger partial charge in [0.15, 0.2) is 0 Å². The Labute approximate surface area is 93.8 Å². The van der Waals surface area contributed by atoms with Gasteiger partial charge in [0, 0.05) is 6.04 Å². The van der Waals surface area contributed by atoms with Gasteiger partial charge in [0.2, 0.25) is 0 Å². The standard InChI is InChI=1S/C14H25N/c1-9(2)13(15)14-6-10-3-11(7-14)5-12(4-10)8-14/h9-13H,3-8,15H2,1-2H3. The van der Waals surface area contributed by atoms with Gasteiger partial charge in [-0.3, -0.25) is 0 Å². The second kappa shape index (κ2) is 3.23. The smallest absolute Gasteiger partial charge is 0.0119 e. The maximum atomic E-state index is 6.52. The number of hydrogen-bond acceptors (Lipinski definition) is 1. The number of rotatable bonds is 2. The lowest BCUT2D eigenvalue weighted by atomic mass is 9.47. The SMILES string of the molecule is CC(C)C(N)C12CC3CC(CC(C3)C1)C2. The largest absolute Gasteiger partial charge is 0.327 e. The summed E-state index contributed by atoms with van der Waals surface area (Å²) in [7, 11) is 0. The van der Waals surface area contributed by atoms with Crippen LogP contribution in [0.4, 0.5) is 0 Å². The maximum absolute atomic E-state index is 6.52. The highest BCUT2D eigenvalue weighted by molar-refractivity contribution is 5.05. The van der Waals surface area contributed by atoms with Crippen molar-refractivity contribution in [2.24, 2.45) is 34.8 Å². The van der Waals surface area contributed by atoms with E-state index in [-0.39, 0.29) is 0 Å². The van der Waals surface area contributed by atoms with Crippen LogP contribution in [0.15, 0.2) is 0 Å². The summed E-state index contributed by atoms with van der Waals surface area (Å²) in [6.07, 6.45) is 8.97. The van der Waals surface area contributed by atoms with Crippen LogP contribution >= 0.6 is 0 Å². The molecule has 1 heteroatoms. The molecule has 4 bridgehead atoms. The summed E-state index contributed by atoms with van der Waals surface area (Å²) in [5.41, 5.74) is 7.07. The normalized spacial score (nSPS) is 50.0. The van der Waals surface area contributed by atoms with Gasteiger partial charge in [-0.15, -0.1) is 0 Å². The van der Waals surface area contributed by atoms with E-state index in [4.69, 9.17) is 5.73 Å². The van der Waals surface area contributed by atoms with E-state index in [0.717, 1.165) is 17.8 Å². The summed E-state index contributed by atoms with van der Waals surface area (Å²) < 4.78 is 0. The summed E-state index contributed by atoms with van der Waals surface area (Å²) in [5, 5.41) is 0.